The number of carbonyl (C=O) groups is 1. The minimum absolute atomic E-state index is 0.210. The van der Waals surface area contributed by atoms with Crippen LogP contribution in [0.5, 0.6) is 0 Å². The Kier molecular flexibility index (Phi) is 7.05. The van der Waals surface area contributed by atoms with E-state index in [1.807, 2.05) is 6.92 Å². The fraction of sp³-hybridized carbons (Fsp3) is 0.500. The third kappa shape index (κ3) is 4.70. The molecule has 0 fully saturated rings. The number of hydrogen-bond donors (Lipinski definition) is 2. The van der Waals surface area contributed by atoms with Gasteiger partial charge in [0, 0.05) is 4.88 Å². The van der Waals surface area contributed by atoms with Crippen LogP contribution < -0.4 is 10.6 Å². The highest BCUT2D eigenvalue weighted by molar-refractivity contribution is 7.80. The van der Waals surface area contributed by atoms with Crippen LogP contribution in [-0.2, 0) is 24.0 Å². The van der Waals surface area contributed by atoms with E-state index in [1.165, 1.54) is 40.8 Å². The zero-order valence-corrected chi connectivity index (χ0v) is 19.2. The molecule has 0 spiro atoms. The molecule has 1 aromatic carbocycles. The maximum atomic E-state index is 12.8. The first-order chi connectivity index (χ1) is 14.7. The second-order valence-electron chi connectivity index (χ2n) is 8.08. The first-order valence-corrected chi connectivity index (χ1v) is 12.4. The number of benzene rings is 1. The standard InChI is InChI=1S/C24H30N2O2S2/c1-2-28-23(27)21-18-13-5-3-4-6-15-20(18)30-22(21)26-24(29)25-19-14-9-11-16-10-7-8-12-17(16)19/h7-8,10,12,19H,2-6,9,11,13-15H2,1H3,(H2,25,26,29). The zero-order chi connectivity index (χ0) is 20.9. The predicted octanol–water partition coefficient (Wildman–Crippen LogP) is 5.95. The van der Waals surface area contributed by atoms with Crippen molar-refractivity contribution in [2.75, 3.05) is 11.9 Å². The molecule has 1 unspecified atom stereocenters. The summed E-state index contributed by atoms with van der Waals surface area (Å²) < 4.78 is 5.41. The number of ether oxygens (including phenoxy) is 1. The van der Waals surface area contributed by atoms with Crippen molar-refractivity contribution in [3.05, 3.63) is 51.4 Å². The number of nitrogens with one attached hydrogen (secondary N) is 2. The Morgan fingerprint density at radius 2 is 1.93 bits per heavy atom. The molecule has 2 aliphatic rings. The monoisotopic (exact) mass is 442 g/mol. The highest BCUT2D eigenvalue weighted by Gasteiger charge is 2.26. The van der Waals surface area contributed by atoms with E-state index in [2.05, 4.69) is 34.9 Å². The topological polar surface area (TPSA) is 50.4 Å². The van der Waals surface area contributed by atoms with Gasteiger partial charge >= 0.3 is 5.97 Å². The molecule has 0 bridgehead atoms. The molecule has 0 aliphatic heterocycles. The van der Waals surface area contributed by atoms with Crippen LogP contribution in [0.2, 0.25) is 0 Å². The normalized spacial score (nSPS) is 18.4. The van der Waals surface area contributed by atoms with Gasteiger partial charge in [-0.05, 0) is 80.8 Å². The van der Waals surface area contributed by atoms with Crippen LogP contribution in [0.3, 0.4) is 0 Å². The number of fused-ring (bicyclic) bond motifs is 2. The van der Waals surface area contributed by atoms with Crippen LogP contribution in [0, 0.1) is 0 Å². The summed E-state index contributed by atoms with van der Waals surface area (Å²) in [5.41, 5.74) is 4.60. The molecular formula is C24H30N2O2S2. The SMILES string of the molecule is CCOC(=O)c1c(NC(=S)NC2CCCc3ccccc32)sc2c1CCCCCC2. The fourth-order valence-electron chi connectivity index (χ4n) is 4.63. The molecule has 0 saturated carbocycles. The lowest BCUT2D eigenvalue weighted by Gasteiger charge is -2.27. The molecule has 4 rings (SSSR count). The van der Waals surface area contributed by atoms with Gasteiger partial charge in [-0.25, -0.2) is 4.79 Å². The molecule has 1 heterocycles. The average Bonchev–Trinajstić information content (AvgIpc) is 3.04. The van der Waals surface area contributed by atoms with Gasteiger partial charge in [0.05, 0.1) is 18.2 Å². The summed E-state index contributed by atoms with van der Waals surface area (Å²) >= 11 is 7.36. The number of rotatable bonds is 4. The molecular weight excluding hydrogens is 412 g/mol. The summed E-state index contributed by atoms with van der Waals surface area (Å²) in [7, 11) is 0. The van der Waals surface area contributed by atoms with E-state index in [0.29, 0.717) is 17.3 Å². The number of anilines is 1. The molecule has 2 aromatic rings. The number of esters is 1. The van der Waals surface area contributed by atoms with E-state index in [9.17, 15) is 4.79 Å². The summed E-state index contributed by atoms with van der Waals surface area (Å²) in [4.78, 5) is 14.1. The number of hydrogen-bond acceptors (Lipinski definition) is 4. The van der Waals surface area contributed by atoms with Crippen LogP contribution in [-0.4, -0.2) is 17.7 Å². The molecule has 4 nitrogen and oxygen atoms in total. The average molecular weight is 443 g/mol. The predicted molar refractivity (Wildman–Crippen MR) is 128 cm³/mol. The Bertz CT molecular complexity index is 922. The second kappa shape index (κ2) is 9.92. The molecule has 0 radical (unpaired) electrons. The maximum absolute atomic E-state index is 12.8. The lowest BCUT2D eigenvalue weighted by atomic mass is 9.88. The Morgan fingerprint density at radius 3 is 2.77 bits per heavy atom. The van der Waals surface area contributed by atoms with Crippen LogP contribution in [0.25, 0.3) is 0 Å². The third-order valence-electron chi connectivity index (χ3n) is 6.05. The summed E-state index contributed by atoms with van der Waals surface area (Å²) in [5.74, 6) is -0.233. The van der Waals surface area contributed by atoms with Gasteiger partial charge in [0.25, 0.3) is 0 Å². The van der Waals surface area contributed by atoms with E-state index in [1.54, 1.807) is 11.3 Å². The summed E-state index contributed by atoms with van der Waals surface area (Å²) in [6, 6.07) is 8.80. The quantitative estimate of drug-likeness (QED) is 0.453. The van der Waals surface area contributed by atoms with Crippen molar-refractivity contribution in [2.45, 2.75) is 70.8 Å². The molecule has 1 atom stereocenters. The van der Waals surface area contributed by atoms with Gasteiger partial charge < -0.3 is 15.4 Å². The number of aryl methyl sites for hydroxylation is 2. The van der Waals surface area contributed by atoms with E-state index < -0.39 is 0 Å². The zero-order valence-electron chi connectivity index (χ0n) is 17.6. The van der Waals surface area contributed by atoms with Crippen molar-refractivity contribution >= 4 is 39.6 Å². The minimum Gasteiger partial charge on any atom is -0.462 e. The van der Waals surface area contributed by atoms with Crippen LogP contribution >= 0.6 is 23.6 Å². The van der Waals surface area contributed by atoms with E-state index in [0.717, 1.165) is 43.5 Å². The van der Waals surface area contributed by atoms with Gasteiger partial charge in [-0.3, -0.25) is 0 Å². The van der Waals surface area contributed by atoms with Crippen LogP contribution in [0.4, 0.5) is 5.00 Å². The van der Waals surface area contributed by atoms with Crippen LogP contribution in [0.1, 0.15) is 83.4 Å². The van der Waals surface area contributed by atoms with Gasteiger partial charge in [-0.2, -0.15) is 0 Å². The lowest BCUT2D eigenvalue weighted by Crippen LogP contribution is -2.34. The molecule has 1 aromatic heterocycles. The van der Waals surface area contributed by atoms with Gasteiger partial charge in [0.15, 0.2) is 5.11 Å². The molecule has 30 heavy (non-hydrogen) atoms. The molecule has 2 N–H and O–H groups in total. The third-order valence-corrected chi connectivity index (χ3v) is 7.48. The van der Waals surface area contributed by atoms with Gasteiger partial charge in [-0.15, -0.1) is 11.3 Å². The highest BCUT2D eigenvalue weighted by Crippen LogP contribution is 2.38. The largest absolute Gasteiger partial charge is 0.462 e. The van der Waals surface area contributed by atoms with Crippen molar-refractivity contribution in [1.29, 1.82) is 0 Å². The van der Waals surface area contributed by atoms with Crippen molar-refractivity contribution in [2.24, 2.45) is 0 Å². The number of thiophene rings is 1. The Morgan fingerprint density at radius 1 is 1.13 bits per heavy atom. The number of thiocarbonyl (C=S) groups is 1. The highest BCUT2D eigenvalue weighted by atomic mass is 32.1. The number of carbonyl (C=O) groups excluding carboxylic acids is 1. The van der Waals surface area contributed by atoms with Crippen molar-refractivity contribution < 1.29 is 9.53 Å². The molecule has 160 valence electrons. The first-order valence-electron chi connectivity index (χ1n) is 11.1. The van der Waals surface area contributed by atoms with Crippen molar-refractivity contribution in [3.8, 4) is 0 Å². The van der Waals surface area contributed by atoms with E-state index in [-0.39, 0.29) is 12.0 Å². The van der Waals surface area contributed by atoms with E-state index in [4.69, 9.17) is 17.0 Å². The minimum atomic E-state index is -0.233. The first kappa shape index (κ1) is 21.3. The van der Waals surface area contributed by atoms with Crippen molar-refractivity contribution in [3.63, 3.8) is 0 Å². The summed E-state index contributed by atoms with van der Waals surface area (Å²) in [6.07, 6.45) is 10.1. The molecule has 2 aliphatic carbocycles. The lowest BCUT2D eigenvalue weighted by molar-refractivity contribution is 0.0526. The summed E-state index contributed by atoms with van der Waals surface area (Å²) in [6.45, 7) is 2.23. The Labute approximate surface area is 188 Å². The molecule has 0 amide bonds. The van der Waals surface area contributed by atoms with Crippen LogP contribution in [0.15, 0.2) is 24.3 Å². The maximum Gasteiger partial charge on any atom is 0.341 e. The Hall–Kier alpha value is -1.92. The van der Waals surface area contributed by atoms with Gasteiger partial charge in [0.1, 0.15) is 5.00 Å². The van der Waals surface area contributed by atoms with Gasteiger partial charge in [0.2, 0.25) is 0 Å². The Balaban J connectivity index is 1.55. The second-order valence-corrected chi connectivity index (χ2v) is 9.60. The fourth-order valence-corrected chi connectivity index (χ4v) is 6.22. The smallest absolute Gasteiger partial charge is 0.341 e. The molecule has 6 heteroatoms. The molecule has 0 saturated heterocycles. The van der Waals surface area contributed by atoms with Crippen molar-refractivity contribution in [1.82, 2.24) is 5.32 Å². The van der Waals surface area contributed by atoms with E-state index >= 15 is 0 Å². The summed E-state index contributed by atoms with van der Waals surface area (Å²) in [5, 5.41) is 8.28. The van der Waals surface area contributed by atoms with Gasteiger partial charge in [-0.1, -0.05) is 37.1 Å².